The first kappa shape index (κ1) is 18.0. The number of amides is 1. The van der Waals surface area contributed by atoms with Crippen molar-refractivity contribution < 1.29 is 26.7 Å². The van der Waals surface area contributed by atoms with Gasteiger partial charge in [-0.15, -0.1) is 0 Å². The van der Waals surface area contributed by atoms with Gasteiger partial charge < -0.3 is 10.1 Å². The van der Waals surface area contributed by atoms with E-state index in [1.807, 2.05) is 0 Å². The zero-order valence-corrected chi connectivity index (χ0v) is 13.1. The Bertz CT molecular complexity index is 610. The number of hydrogen-bond acceptors (Lipinski definition) is 4. The third-order valence-corrected chi connectivity index (χ3v) is 4.13. The van der Waals surface area contributed by atoms with E-state index in [1.54, 1.807) is 0 Å². The van der Waals surface area contributed by atoms with Gasteiger partial charge in [-0.05, 0) is 34.1 Å². The lowest BCUT2D eigenvalue weighted by atomic mass is 10.3. The van der Waals surface area contributed by atoms with Crippen LogP contribution in [0.1, 0.15) is 6.42 Å². The molecule has 0 aliphatic carbocycles. The first-order valence-electron chi connectivity index (χ1n) is 5.68. The van der Waals surface area contributed by atoms with Crippen LogP contribution >= 0.6 is 15.9 Å². The molecule has 0 spiro atoms. The number of ether oxygens (including phenoxy) is 1. The molecule has 6 nitrogen and oxygen atoms in total. The maximum Gasteiger partial charge on any atom is 0.261 e. The molecule has 1 aromatic rings. The minimum atomic E-state index is -3.86. The van der Waals surface area contributed by atoms with Gasteiger partial charge in [0, 0.05) is 10.2 Å². The Morgan fingerprint density at radius 1 is 1.43 bits per heavy atom. The van der Waals surface area contributed by atoms with Crippen LogP contribution in [0.25, 0.3) is 0 Å². The molecule has 0 unspecified atom stereocenters. The summed E-state index contributed by atoms with van der Waals surface area (Å²) in [5.41, 5.74) is 0.341. The first-order valence-corrected chi connectivity index (χ1v) is 8.02. The molecular formula is C11H13BrF2N2O4S. The monoisotopic (exact) mass is 386 g/mol. The lowest BCUT2D eigenvalue weighted by Gasteiger charge is -2.08. The Labute approximate surface area is 128 Å². The molecule has 0 aromatic heterocycles. The summed E-state index contributed by atoms with van der Waals surface area (Å²) >= 11 is 3.03. The van der Waals surface area contributed by atoms with Crippen molar-refractivity contribution in [3.63, 3.8) is 0 Å². The van der Waals surface area contributed by atoms with Gasteiger partial charge in [-0.3, -0.25) is 4.79 Å². The van der Waals surface area contributed by atoms with Crippen molar-refractivity contribution in [1.82, 2.24) is 0 Å². The van der Waals surface area contributed by atoms with Crippen molar-refractivity contribution >= 4 is 37.5 Å². The van der Waals surface area contributed by atoms with Crippen LogP contribution in [-0.4, -0.2) is 34.0 Å². The van der Waals surface area contributed by atoms with E-state index in [1.165, 1.54) is 18.2 Å². The Balaban J connectivity index is 2.56. The minimum absolute atomic E-state index is 0.0960. The number of nitrogens with two attached hydrogens (primary N) is 1. The SMILES string of the molecule is NS(=O)(=O)c1ccc(NC(=O)CCOCC(F)F)cc1Br. The summed E-state index contributed by atoms with van der Waals surface area (Å²) in [5.74, 6) is -0.445. The molecule has 0 fully saturated rings. The number of anilines is 1. The number of carbonyl (C=O) groups excluding carboxylic acids is 1. The van der Waals surface area contributed by atoms with Crippen LogP contribution in [-0.2, 0) is 19.6 Å². The summed E-state index contributed by atoms with van der Waals surface area (Å²) in [6.07, 6.45) is -2.67. The van der Waals surface area contributed by atoms with E-state index in [2.05, 4.69) is 26.0 Å². The number of rotatable bonds is 7. The van der Waals surface area contributed by atoms with Crippen molar-refractivity contribution in [2.24, 2.45) is 5.14 Å². The van der Waals surface area contributed by atoms with E-state index in [9.17, 15) is 22.0 Å². The summed E-state index contributed by atoms with van der Waals surface area (Å²) in [5, 5.41) is 7.47. The fourth-order valence-electron chi connectivity index (χ4n) is 1.37. The van der Waals surface area contributed by atoms with Gasteiger partial charge in [-0.2, -0.15) is 0 Å². The fourth-order valence-corrected chi connectivity index (χ4v) is 3.01. The van der Waals surface area contributed by atoms with Crippen molar-refractivity contribution in [1.29, 1.82) is 0 Å². The van der Waals surface area contributed by atoms with E-state index < -0.39 is 29.0 Å². The summed E-state index contributed by atoms with van der Waals surface area (Å²) < 4.78 is 50.8. The normalized spacial score (nSPS) is 11.7. The number of carbonyl (C=O) groups is 1. The minimum Gasteiger partial charge on any atom is -0.375 e. The standard InChI is InChI=1S/C11H13BrF2N2O4S/c12-8-5-7(1-2-9(8)21(15,18)19)16-11(17)3-4-20-6-10(13)14/h1-2,5,10H,3-4,6H2,(H,16,17)(H2,15,18,19). The first-order chi connectivity index (χ1) is 9.70. The zero-order valence-electron chi connectivity index (χ0n) is 10.7. The molecule has 21 heavy (non-hydrogen) atoms. The molecule has 0 aliphatic rings. The number of halogens is 3. The molecule has 0 heterocycles. The second kappa shape index (κ2) is 7.78. The van der Waals surface area contributed by atoms with Gasteiger partial charge in [-0.1, -0.05) is 0 Å². The second-order valence-corrected chi connectivity index (χ2v) is 6.34. The summed E-state index contributed by atoms with van der Waals surface area (Å²) in [6, 6.07) is 3.97. The highest BCUT2D eigenvalue weighted by Crippen LogP contribution is 2.24. The quantitative estimate of drug-likeness (QED) is 0.696. The number of primary sulfonamides is 1. The predicted molar refractivity (Wildman–Crippen MR) is 75.6 cm³/mol. The van der Waals surface area contributed by atoms with Crippen LogP contribution in [0.2, 0.25) is 0 Å². The maximum atomic E-state index is 11.8. The Morgan fingerprint density at radius 2 is 2.10 bits per heavy atom. The predicted octanol–water partition coefficient (Wildman–Crippen LogP) is 1.71. The molecule has 10 heteroatoms. The molecule has 0 saturated heterocycles. The molecule has 0 bridgehead atoms. The van der Waals surface area contributed by atoms with Crippen LogP contribution in [0.3, 0.4) is 0 Å². The number of alkyl halides is 2. The second-order valence-electron chi connectivity index (χ2n) is 3.95. The number of nitrogens with one attached hydrogen (secondary N) is 1. The van der Waals surface area contributed by atoms with Crippen molar-refractivity contribution in [3.8, 4) is 0 Å². The van der Waals surface area contributed by atoms with Gasteiger partial charge in [0.15, 0.2) is 0 Å². The van der Waals surface area contributed by atoms with Crippen molar-refractivity contribution in [2.45, 2.75) is 17.7 Å². The lowest BCUT2D eigenvalue weighted by Crippen LogP contribution is -2.16. The average molecular weight is 387 g/mol. The number of sulfonamides is 1. The Hall–Kier alpha value is -1.10. The molecule has 1 aromatic carbocycles. The highest BCUT2D eigenvalue weighted by molar-refractivity contribution is 9.10. The van der Waals surface area contributed by atoms with Gasteiger partial charge in [-0.25, -0.2) is 22.3 Å². The van der Waals surface area contributed by atoms with Crippen LogP contribution in [0, 0.1) is 0 Å². The maximum absolute atomic E-state index is 11.8. The number of hydrogen-bond donors (Lipinski definition) is 2. The fraction of sp³-hybridized carbons (Fsp3) is 0.364. The third kappa shape index (κ3) is 6.46. The van der Waals surface area contributed by atoms with E-state index in [4.69, 9.17) is 5.14 Å². The summed E-state index contributed by atoms with van der Waals surface area (Å²) in [7, 11) is -3.86. The number of benzene rings is 1. The topological polar surface area (TPSA) is 98.5 Å². The van der Waals surface area contributed by atoms with Crippen LogP contribution < -0.4 is 10.5 Å². The van der Waals surface area contributed by atoms with Crippen LogP contribution in [0.5, 0.6) is 0 Å². The Kier molecular flexibility index (Phi) is 6.65. The van der Waals surface area contributed by atoms with Crippen LogP contribution in [0.4, 0.5) is 14.5 Å². The van der Waals surface area contributed by atoms with Gasteiger partial charge in [0.2, 0.25) is 15.9 Å². The zero-order chi connectivity index (χ0) is 16.0. The van der Waals surface area contributed by atoms with E-state index in [0.717, 1.165) is 0 Å². The average Bonchev–Trinajstić information content (AvgIpc) is 2.33. The van der Waals surface area contributed by atoms with Gasteiger partial charge >= 0.3 is 0 Å². The van der Waals surface area contributed by atoms with E-state index in [-0.39, 0.29) is 22.4 Å². The van der Waals surface area contributed by atoms with Crippen molar-refractivity contribution in [2.75, 3.05) is 18.5 Å². The van der Waals surface area contributed by atoms with Gasteiger partial charge in [0.1, 0.15) is 6.61 Å². The third-order valence-electron chi connectivity index (χ3n) is 2.24. The molecule has 0 saturated carbocycles. The highest BCUT2D eigenvalue weighted by Gasteiger charge is 2.13. The van der Waals surface area contributed by atoms with Gasteiger partial charge in [0.25, 0.3) is 6.43 Å². The van der Waals surface area contributed by atoms with Crippen molar-refractivity contribution in [3.05, 3.63) is 22.7 Å². The molecule has 0 aliphatic heterocycles. The van der Waals surface area contributed by atoms with Crippen LogP contribution in [0.15, 0.2) is 27.6 Å². The highest BCUT2D eigenvalue weighted by atomic mass is 79.9. The lowest BCUT2D eigenvalue weighted by molar-refractivity contribution is -0.117. The molecule has 1 amide bonds. The molecule has 1 rings (SSSR count). The molecular weight excluding hydrogens is 374 g/mol. The molecule has 0 radical (unpaired) electrons. The van der Waals surface area contributed by atoms with E-state index in [0.29, 0.717) is 5.69 Å². The molecule has 0 atom stereocenters. The Morgan fingerprint density at radius 3 is 2.62 bits per heavy atom. The summed E-state index contributed by atoms with van der Waals surface area (Å²) in [6.45, 7) is -0.853. The summed E-state index contributed by atoms with van der Waals surface area (Å²) in [4.78, 5) is 11.4. The molecule has 118 valence electrons. The largest absolute Gasteiger partial charge is 0.375 e. The molecule has 3 N–H and O–H groups in total. The van der Waals surface area contributed by atoms with Gasteiger partial charge in [0.05, 0.1) is 17.9 Å². The smallest absolute Gasteiger partial charge is 0.261 e. The van der Waals surface area contributed by atoms with E-state index >= 15 is 0 Å².